The van der Waals surface area contributed by atoms with E-state index in [9.17, 15) is 17.6 Å². The summed E-state index contributed by atoms with van der Waals surface area (Å²) in [5, 5.41) is 2.95. The van der Waals surface area contributed by atoms with Crippen molar-refractivity contribution in [3.8, 4) is 11.5 Å². The molecular weight excluding hydrogens is 483 g/mol. The second kappa shape index (κ2) is 11.9. The minimum atomic E-state index is -3.92. The van der Waals surface area contributed by atoms with Crippen LogP contribution in [0, 0.1) is 5.82 Å². The van der Waals surface area contributed by atoms with Crippen molar-refractivity contribution in [2.24, 2.45) is 0 Å². The van der Waals surface area contributed by atoms with Gasteiger partial charge in [0.2, 0.25) is 10.0 Å². The molecular formula is C27H31FN2O5S. The Morgan fingerprint density at radius 1 is 1.00 bits per heavy atom. The van der Waals surface area contributed by atoms with Crippen LogP contribution in [0.2, 0.25) is 0 Å². The molecule has 0 aliphatic heterocycles. The average molecular weight is 515 g/mol. The molecule has 0 saturated heterocycles. The first kappa shape index (κ1) is 27.0. The van der Waals surface area contributed by atoms with E-state index in [4.69, 9.17) is 9.47 Å². The molecule has 0 spiro atoms. The summed E-state index contributed by atoms with van der Waals surface area (Å²) < 4.78 is 51.9. The van der Waals surface area contributed by atoms with Gasteiger partial charge in [0.1, 0.15) is 5.82 Å². The maximum absolute atomic E-state index is 14.4. The average Bonchev–Trinajstić information content (AvgIpc) is 2.86. The number of nitrogens with one attached hydrogen (secondary N) is 1. The lowest BCUT2D eigenvalue weighted by molar-refractivity contribution is 0.0938. The molecule has 0 heterocycles. The topological polar surface area (TPSA) is 84.9 Å². The van der Waals surface area contributed by atoms with Crippen LogP contribution >= 0.6 is 0 Å². The van der Waals surface area contributed by atoms with Gasteiger partial charge >= 0.3 is 0 Å². The van der Waals surface area contributed by atoms with Crippen molar-refractivity contribution in [1.82, 2.24) is 5.32 Å². The minimum absolute atomic E-state index is 0.0613. The van der Waals surface area contributed by atoms with Gasteiger partial charge in [0.15, 0.2) is 11.5 Å². The third-order valence-corrected chi connectivity index (χ3v) is 6.90. The highest BCUT2D eigenvalue weighted by atomic mass is 32.2. The third-order valence-electron chi connectivity index (χ3n) is 5.77. The van der Waals surface area contributed by atoms with Crippen LogP contribution in [0.15, 0.2) is 66.7 Å². The molecule has 0 radical (unpaired) electrons. The fourth-order valence-corrected chi connectivity index (χ4v) is 4.70. The van der Waals surface area contributed by atoms with Crippen molar-refractivity contribution >= 4 is 21.6 Å². The third kappa shape index (κ3) is 6.75. The molecule has 1 unspecified atom stereocenters. The molecule has 192 valence electrons. The summed E-state index contributed by atoms with van der Waals surface area (Å²) in [6.07, 6.45) is 2.46. The van der Waals surface area contributed by atoms with Gasteiger partial charge in [-0.3, -0.25) is 9.10 Å². The molecule has 7 nitrogen and oxygen atoms in total. The minimum Gasteiger partial charge on any atom is -0.493 e. The highest BCUT2D eigenvalue weighted by Gasteiger charge is 2.27. The maximum Gasteiger partial charge on any atom is 0.253 e. The Balaban J connectivity index is 1.97. The van der Waals surface area contributed by atoms with E-state index >= 15 is 0 Å². The van der Waals surface area contributed by atoms with Crippen LogP contribution in [-0.4, -0.2) is 40.8 Å². The lowest BCUT2D eigenvalue weighted by Crippen LogP contribution is -2.36. The second-order valence-electron chi connectivity index (χ2n) is 8.48. The standard InChI is InChI=1S/C27H31FN2O5S/c1-19(14-15-20-10-6-5-7-11-20)29-27(31)22-16-25(34-2)26(35-3)17-24(22)30(36(4,32)33)18-21-12-8-9-13-23(21)28/h5-13,16-17,19H,14-15,18H2,1-4H3,(H,29,31). The Morgan fingerprint density at radius 2 is 1.61 bits per heavy atom. The summed E-state index contributed by atoms with van der Waals surface area (Å²) in [4.78, 5) is 13.4. The quantitative estimate of drug-likeness (QED) is 0.406. The van der Waals surface area contributed by atoms with Crippen LogP contribution < -0.4 is 19.1 Å². The normalized spacial score (nSPS) is 12.0. The summed E-state index contributed by atoms with van der Waals surface area (Å²) in [5.41, 5.74) is 1.45. The van der Waals surface area contributed by atoms with Gasteiger partial charge in [0.25, 0.3) is 5.91 Å². The Bertz CT molecular complexity index is 1300. The lowest BCUT2D eigenvalue weighted by atomic mass is 10.1. The van der Waals surface area contributed by atoms with Crippen molar-refractivity contribution in [2.45, 2.75) is 32.4 Å². The largest absolute Gasteiger partial charge is 0.493 e. The summed E-state index contributed by atoms with van der Waals surface area (Å²) in [5.74, 6) is -0.521. The maximum atomic E-state index is 14.4. The van der Waals surface area contributed by atoms with E-state index in [0.29, 0.717) is 6.42 Å². The number of aryl methyl sites for hydroxylation is 1. The highest BCUT2D eigenvalue weighted by molar-refractivity contribution is 7.92. The van der Waals surface area contributed by atoms with Crippen LogP contribution in [0.25, 0.3) is 0 Å². The van der Waals surface area contributed by atoms with E-state index in [0.717, 1.165) is 22.5 Å². The molecule has 1 amide bonds. The molecule has 0 saturated carbocycles. The number of halogens is 1. The molecule has 0 fully saturated rings. The van der Waals surface area contributed by atoms with Crippen LogP contribution in [0.5, 0.6) is 11.5 Å². The van der Waals surface area contributed by atoms with Crippen LogP contribution in [0.3, 0.4) is 0 Å². The Labute approximate surface area is 211 Å². The second-order valence-corrected chi connectivity index (χ2v) is 10.4. The van der Waals surface area contributed by atoms with E-state index < -0.39 is 21.7 Å². The number of methoxy groups -OCH3 is 2. The first-order valence-corrected chi connectivity index (χ1v) is 13.3. The number of amides is 1. The lowest BCUT2D eigenvalue weighted by Gasteiger charge is -2.26. The Morgan fingerprint density at radius 3 is 2.22 bits per heavy atom. The number of carbonyl (C=O) groups is 1. The van der Waals surface area contributed by atoms with E-state index in [-0.39, 0.29) is 40.9 Å². The monoisotopic (exact) mass is 514 g/mol. The summed E-state index contributed by atoms with van der Waals surface area (Å²) >= 11 is 0. The fourth-order valence-electron chi connectivity index (χ4n) is 3.82. The fraction of sp³-hybridized carbons (Fsp3) is 0.296. The zero-order valence-electron chi connectivity index (χ0n) is 20.8. The van der Waals surface area contributed by atoms with Gasteiger partial charge in [-0.05, 0) is 37.5 Å². The molecule has 3 rings (SSSR count). The zero-order valence-corrected chi connectivity index (χ0v) is 21.6. The molecule has 0 bridgehead atoms. The first-order valence-electron chi connectivity index (χ1n) is 11.5. The van der Waals surface area contributed by atoms with Gasteiger partial charge in [-0.15, -0.1) is 0 Å². The Hall–Kier alpha value is -3.59. The van der Waals surface area contributed by atoms with E-state index in [2.05, 4.69) is 5.32 Å². The number of sulfonamides is 1. The van der Waals surface area contributed by atoms with Crippen LogP contribution in [-0.2, 0) is 23.0 Å². The van der Waals surface area contributed by atoms with Crippen molar-refractivity contribution < 1.29 is 27.1 Å². The number of benzene rings is 3. The molecule has 0 aliphatic rings. The molecule has 3 aromatic carbocycles. The van der Waals surface area contributed by atoms with Gasteiger partial charge < -0.3 is 14.8 Å². The zero-order chi connectivity index (χ0) is 26.3. The molecule has 9 heteroatoms. The van der Waals surface area contributed by atoms with E-state index in [1.807, 2.05) is 37.3 Å². The van der Waals surface area contributed by atoms with Crippen molar-refractivity contribution in [2.75, 3.05) is 24.8 Å². The van der Waals surface area contributed by atoms with Gasteiger partial charge in [-0.2, -0.15) is 0 Å². The molecule has 0 aromatic heterocycles. The smallest absolute Gasteiger partial charge is 0.253 e. The molecule has 3 aromatic rings. The predicted molar refractivity (Wildman–Crippen MR) is 139 cm³/mol. The van der Waals surface area contributed by atoms with Gasteiger partial charge in [-0.1, -0.05) is 48.5 Å². The molecule has 1 atom stereocenters. The summed E-state index contributed by atoms with van der Waals surface area (Å²) in [6, 6.07) is 18.5. The molecule has 1 N–H and O–H groups in total. The van der Waals surface area contributed by atoms with Crippen molar-refractivity contribution in [3.63, 3.8) is 0 Å². The number of hydrogen-bond acceptors (Lipinski definition) is 5. The van der Waals surface area contributed by atoms with Gasteiger partial charge in [0, 0.05) is 17.7 Å². The van der Waals surface area contributed by atoms with Crippen LogP contribution in [0.1, 0.15) is 34.8 Å². The highest BCUT2D eigenvalue weighted by Crippen LogP contribution is 2.37. The summed E-state index contributed by atoms with van der Waals surface area (Å²) in [6.45, 7) is 1.58. The number of ether oxygens (including phenoxy) is 2. The van der Waals surface area contributed by atoms with Crippen molar-refractivity contribution in [1.29, 1.82) is 0 Å². The number of hydrogen-bond donors (Lipinski definition) is 1. The SMILES string of the molecule is COc1cc(C(=O)NC(C)CCc2ccccc2)c(N(Cc2ccccc2F)S(C)(=O)=O)cc1OC. The molecule has 0 aliphatic carbocycles. The molecule has 36 heavy (non-hydrogen) atoms. The predicted octanol–water partition coefficient (Wildman–Crippen LogP) is 4.56. The van der Waals surface area contributed by atoms with Crippen molar-refractivity contribution in [3.05, 3.63) is 89.2 Å². The van der Waals surface area contributed by atoms with E-state index in [1.54, 1.807) is 6.07 Å². The Kier molecular flexibility index (Phi) is 8.93. The van der Waals surface area contributed by atoms with Gasteiger partial charge in [0.05, 0.1) is 38.3 Å². The van der Waals surface area contributed by atoms with Crippen LogP contribution in [0.4, 0.5) is 10.1 Å². The number of carbonyl (C=O) groups excluding carboxylic acids is 1. The van der Waals surface area contributed by atoms with E-state index in [1.165, 1.54) is 44.6 Å². The number of nitrogens with zero attached hydrogens (tertiary/aromatic N) is 1. The summed E-state index contributed by atoms with van der Waals surface area (Å²) in [7, 11) is -1.08. The van der Waals surface area contributed by atoms with Gasteiger partial charge in [-0.25, -0.2) is 12.8 Å². The first-order chi connectivity index (χ1) is 17.1. The number of anilines is 1. The number of rotatable bonds is 11.